The van der Waals surface area contributed by atoms with Gasteiger partial charge < -0.3 is 14.8 Å². The number of rotatable bonds is 6. The molecule has 0 spiro atoms. The first kappa shape index (κ1) is 20.8. The molecule has 1 saturated heterocycles. The van der Waals surface area contributed by atoms with E-state index in [-0.39, 0.29) is 17.4 Å². The fourth-order valence-electron chi connectivity index (χ4n) is 3.98. The van der Waals surface area contributed by atoms with Crippen LogP contribution in [0.1, 0.15) is 45.4 Å². The molecule has 1 aliphatic carbocycles. The number of benzene rings is 1. The molecular formula is C21H30N2O4S. The zero-order chi connectivity index (χ0) is 19.9. The van der Waals surface area contributed by atoms with Gasteiger partial charge in [0.15, 0.2) is 0 Å². The summed E-state index contributed by atoms with van der Waals surface area (Å²) >= 11 is 1.71. The van der Waals surface area contributed by atoms with Gasteiger partial charge in [-0.05, 0) is 37.3 Å². The number of amides is 2. The van der Waals surface area contributed by atoms with Crippen LogP contribution in [0.2, 0.25) is 0 Å². The number of urea groups is 1. The third-order valence-electron chi connectivity index (χ3n) is 5.39. The van der Waals surface area contributed by atoms with Gasteiger partial charge in [0.1, 0.15) is 11.8 Å². The number of nitrogens with zero attached hydrogens (tertiary/aromatic N) is 1. The minimum atomic E-state index is -0.543. The van der Waals surface area contributed by atoms with E-state index < -0.39 is 6.04 Å². The predicted octanol–water partition coefficient (Wildman–Crippen LogP) is 4.50. The summed E-state index contributed by atoms with van der Waals surface area (Å²) in [6.07, 6.45) is 6.61. The van der Waals surface area contributed by atoms with Crippen molar-refractivity contribution in [2.75, 3.05) is 24.8 Å². The molecule has 6 nitrogen and oxygen atoms in total. The highest BCUT2D eigenvalue weighted by Crippen LogP contribution is 2.41. The van der Waals surface area contributed by atoms with E-state index in [0.29, 0.717) is 29.7 Å². The molecule has 154 valence electrons. The quantitative estimate of drug-likeness (QED) is 0.704. The molecule has 2 amide bonds. The number of anilines is 1. The molecule has 3 rings (SSSR count). The van der Waals surface area contributed by atoms with Gasteiger partial charge >= 0.3 is 12.0 Å². The summed E-state index contributed by atoms with van der Waals surface area (Å²) in [7, 11) is 1.58. The Morgan fingerprint density at radius 3 is 2.68 bits per heavy atom. The average molecular weight is 407 g/mol. The van der Waals surface area contributed by atoms with E-state index >= 15 is 0 Å². The molecule has 0 bridgehead atoms. The van der Waals surface area contributed by atoms with Crippen LogP contribution < -0.4 is 10.1 Å². The van der Waals surface area contributed by atoms with Crippen molar-refractivity contribution in [2.24, 2.45) is 5.92 Å². The summed E-state index contributed by atoms with van der Waals surface area (Å²) in [5, 5.41) is 2.96. The van der Waals surface area contributed by atoms with Gasteiger partial charge in [-0.1, -0.05) is 38.3 Å². The number of hydrogen-bond donors (Lipinski definition) is 1. The SMILES string of the molecule is CCCOC(=O)[C@@H]1CS[C@@H](C2CCCCC2)N1C(=O)Nc1ccccc1OC. The second-order valence-corrected chi connectivity index (χ2v) is 8.49. The first-order valence-corrected chi connectivity index (χ1v) is 11.2. The zero-order valence-corrected chi connectivity index (χ0v) is 17.5. The fraction of sp³-hybridized carbons (Fsp3) is 0.619. The van der Waals surface area contributed by atoms with Gasteiger partial charge in [0.05, 0.1) is 24.8 Å². The molecule has 0 aromatic heterocycles. The number of esters is 1. The van der Waals surface area contributed by atoms with E-state index in [1.165, 1.54) is 19.3 Å². The van der Waals surface area contributed by atoms with E-state index in [9.17, 15) is 9.59 Å². The average Bonchev–Trinajstić information content (AvgIpc) is 3.18. The maximum atomic E-state index is 13.3. The van der Waals surface area contributed by atoms with Crippen molar-refractivity contribution in [2.45, 2.75) is 56.9 Å². The number of methoxy groups -OCH3 is 1. The standard InChI is InChI=1S/C21H30N2O4S/c1-3-13-27-20(24)17-14-28-19(15-9-5-4-6-10-15)23(17)21(25)22-16-11-7-8-12-18(16)26-2/h7-8,11-12,15,17,19H,3-6,9-10,13-14H2,1-2H3,(H,22,25)/t17-,19-/m0/s1. The Morgan fingerprint density at radius 1 is 1.21 bits per heavy atom. The van der Waals surface area contributed by atoms with Crippen LogP contribution >= 0.6 is 11.8 Å². The normalized spacial score (nSPS) is 22.7. The first-order valence-electron chi connectivity index (χ1n) is 10.2. The number of ether oxygens (including phenoxy) is 2. The molecule has 2 aliphatic rings. The second-order valence-electron chi connectivity index (χ2n) is 7.34. The summed E-state index contributed by atoms with van der Waals surface area (Å²) in [5.41, 5.74) is 0.606. The predicted molar refractivity (Wildman–Crippen MR) is 112 cm³/mol. The summed E-state index contributed by atoms with van der Waals surface area (Å²) < 4.78 is 10.7. The number of thioether (sulfide) groups is 1. The number of nitrogens with one attached hydrogen (secondary N) is 1. The van der Waals surface area contributed by atoms with E-state index in [2.05, 4.69) is 5.32 Å². The highest BCUT2D eigenvalue weighted by Gasteiger charge is 2.45. The summed E-state index contributed by atoms with van der Waals surface area (Å²) in [6.45, 7) is 2.35. The molecule has 1 heterocycles. The molecule has 7 heteroatoms. The van der Waals surface area contributed by atoms with Crippen molar-refractivity contribution >= 4 is 29.4 Å². The van der Waals surface area contributed by atoms with Gasteiger partial charge in [0.2, 0.25) is 0 Å². The van der Waals surface area contributed by atoms with Crippen molar-refractivity contribution in [1.82, 2.24) is 4.90 Å². The Hall–Kier alpha value is -1.89. The lowest BCUT2D eigenvalue weighted by molar-refractivity contribution is -0.148. The van der Waals surface area contributed by atoms with Crippen molar-refractivity contribution in [3.63, 3.8) is 0 Å². The smallest absolute Gasteiger partial charge is 0.329 e. The monoisotopic (exact) mass is 406 g/mol. The van der Waals surface area contributed by atoms with Crippen LogP contribution in [0, 0.1) is 5.92 Å². The number of carbonyl (C=O) groups excluding carboxylic acids is 2. The number of carbonyl (C=O) groups is 2. The Labute approximate surface area is 171 Å². The number of para-hydroxylation sites is 2. The molecule has 0 radical (unpaired) electrons. The highest BCUT2D eigenvalue weighted by atomic mass is 32.2. The van der Waals surface area contributed by atoms with Crippen LogP contribution in [0.4, 0.5) is 10.5 Å². The summed E-state index contributed by atoms with van der Waals surface area (Å²) in [4.78, 5) is 27.6. The molecule has 1 saturated carbocycles. The Morgan fingerprint density at radius 2 is 1.96 bits per heavy atom. The molecule has 0 unspecified atom stereocenters. The molecule has 2 atom stereocenters. The van der Waals surface area contributed by atoms with Crippen LogP contribution in [-0.4, -0.2) is 47.8 Å². The van der Waals surface area contributed by atoms with Crippen molar-refractivity contribution in [3.8, 4) is 5.75 Å². The molecule has 1 aromatic carbocycles. The van der Waals surface area contributed by atoms with Gasteiger partial charge in [-0.25, -0.2) is 9.59 Å². The van der Waals surface area contributed by atoms with Crippen LogP contribution in [0.25, 0.3) is 0 Å². The third-order valence-corrected chi connectivity index (χ3v) is 6.85. The van der Waals surface area contributed by atoms with Gasteiger partial charge in [-0.3, -0.25) is 4.90 Å². The van der Waals surface area contributed by atoms with E-state index in [4.69, 9.17) is 9.47 Å². The largest absolute Gasteiger partial charge is 0.495 e. The van der Waals surface area contributed by atoms with E-state index in [0.717, 1.165) is 19.3 Å². The molecule has 1 N–H and O–H groups in total. The van der Waals surface area contributed by atoms with Crippen LogP contribution in [0.3, 0.4) is 0 Å². The zero-order valence-electron chi connectivity index (χ0n) is 16.7. The van der Waals surface area contributed by atoms with Crippen LogP contribution in [0.15, 0.2) is 24.3 Å². The van der Waals surface area contributed by atoms with Crippen LogP contribution in [0.5, 0.6) is 5.75 Å². The second kappa shape index (κ2) is 10.0. The van der Waals surface area contributed by atoms with Gasteiger partial charge in [0, 0.05) is 5.75 Å². The Balaban J connectivity index is 1.80. The maximum Gasteiger partial charge on any atom is 0.329 e. The maximum absolute atomic E-state index is 13.3. The fourth-order valence-corrected chi connectivity index (χ4v) is 5.60. The van der Waals surface area contributed by atoms with Crippen molar-refractivity contribution in [1.29, 1.82) is 0 Å². The molecule has 2 fully saturated rings. The van der Waals surface area contributed by atoms with Crippen molar-refractivity contribution < 1.29 is 19.1 Å². The minimum absolute atomic E-state index is 0.00850. The van der Waals surface area contributed by atoms with Crippen LogP contribution in [-0.2, 0) is 9.53 Å². The summed E-state index contributed by atoms with van der Waals surface area (Å²) in [6, 6.07) is 6.51. The van der Waals surface area contributed by atoms with E-state index in [1.807, 2.05) is 19.1 Å². The lowest BCUT2D eigenvalue weighted by atomic mass is 9.88. The third kappa shape index (κ3) is 4.74. The Bertz CT molecular complexity index is 678. The summed E-state index contributed by atoms with van der Waals surface area (Å²) in [5.74, 6) is 1.30. The first-order chi connectivity index (χ1) is 13.7. The number of hydrogen-bond acceptors (Lipinski definition) is 5. The van der Waals surface area contributed by atoms with E-state index in [1.54, 1.807) is 35.9 Å². The lowest BCUT2D eigenvalue weighted by Crippen LogP contribution is -2.50. The topological polar surface area (TPSA) is 67.9 Å². The van der Waals surface area contributed by atoms with Gasteiger partial charge in [0.25, 0.3) is 0 Å². The van der Waals surface area contributed by atoms with Gasteiger partial charge in [-0.2, -0.15) is 0 Å². The minimum Gasteiger partial charge on any atom is -0.495 e. The highest BCUT2D eigenvalue weighted by molar-refractivity contribution is 8.00. The Kier molecular flexibility index (Phi) is 7.48. The lowest BCUT2D eigenvalue weighted by Gasteiger charge is -2.35. The molecule has 1 aliphatic heterocycles. The molecular weight excluding hydrogens is 376 g/mol. The van der Waals surface area contributed by atoms with Gasteiger partial charge in [-0.15, -0.1) is 11.8 Å². The molecule has 1 aromatic rings. The van der Waals surface area contributed by atoms with Crippen molar-refractivity contribution in [3.05, 3.63) is 24.3 Å². The molecule has 28 heavy (non-hydrogen) atoms.